The first-order valence-corrected chi connectivity index (χ1v) is 10.0. The van der Waals surface area contributed by atoms with Crippen molar-refractivity contribution in [2.24, 2.45) is 5.92 Å². The number of likely N-dealkylation sites (N-methyl/N-ethyl adjacent to an activating group) is 1. The summed E-state index contributed by atoms with van der Waals surface area (Å²) in [5, 5.41) is 3.19. The lowest BCUT2D eigenvalue weighted by molar-refractivity contribution is -0.117. The average molecular weight is 407 g/mol. The highest BCUT2D eigenvalue weighted by Gasteiger charge is 2.29. The van der Waals surface area contributed by atoms with Crippen molar-refractivity contribution in [3.63, 3.8) is 0 Å². The lowest BCUT2D eigenvalue weighted by Crippen LogP contribution is -2.32. The molecular weight excluding hydrogens is 382 g/mol. The van der Waals surface area contributed by atoms with Crippen LogP contribution in [0.15, 0.2) is 22.8 Å². The zero-order chi connectivity index (χ0) is 19.9. The normalized spacial score (nSPS) is 15.1. The summed E-state index contributed by atoms with van der Waals surface area (Å²) in [5.41, 5.74) is 0.481. The van der Waals surface area contributed by atoms with Crippen LogP contribution in [0.1, 0.15) is 22.5 Å². The van der Waals surface area contributed by atoms with Gasteiger partial charge >= 0.3 is 0 Å². The third kappa shape index (κ3) is 5.26. The van der Waals surface area contributed by atoms with E-state index < -0.39 is 0 Å². The standard InChI is InChI=1S/C19H25N3O5S/c1-22(7-11-25-2)12-15(23)20-19-21-16(14-4-3-8-27-14)18(28-19)17(24)13-5-9-26-10-6-13/h3-4,8,13H,5-7,9-12H2,1-2H3,(H,20,21,23). The van der Waals surface area contributed by atoms with Crippen molar-refractivity contribution in [2.45, 2.75) is 12.8 Å². The average Bonchev–Trinajstić information content (AvgIpc) is 3.36. The van der Waals surface area contributed by atoms with Gasteiger partial charge in [0.25, 0.3) is 0 Å². The Labute approximate surface area is 167 Å². The minimum absolute atomic E-state index is 0.0323. The minimum Gasteiger partial charge on any atom is -0.463 e. The molecule has 0 saturated carbocycles. The number of methoxy groups -OCH3 is 1. The number of furan rings is 1. The molecule has 1 amide bonds. The van der Waals surface area contributed by atoms with Crippen LogP contribution in [0.3, 0.4) is 0 Å². The summed E-state index contributed by atoms with van der Waals surface area (Å²) in [6.07, 6.45) is 2.93. The molecule has 3 rings (SSSR count). The summed E-state index contributed by atoms with van der Waals surface area (Å²) in [6.45, 7) is 2.58. The molecule has 0 aliphatic carbocycles. The molecule has 9 heteroatoms. The number of carbonyl (C=O) groups excluding carboxylic acids is 2. The Hall–Kier alpha value is -2.07. The number of rotatable bonds is 9. The van der Waals surface area contributed by atoms with Gasteiger partial charge in [0.15, 0.2) is 16.7 Å². The second-order valence-electron chi connectivity index (χ2n) is 6.70. The maximum atomic E-state index is 13.0. The molecule has 152 valence electrons. The van der Waals surface area contributed by atoms with Gasteiger partial charge in [0.1, 0.15) is 10.6 Å². The Morgan fingerprint density at radius 3 is 2.86 bits per heavy atom. The maximum absolute atomic E-state index is 13.0. The van der Waals surface area contributed by atoms with E-state index in [2.05, 4.69) is 10.3 Å². The number of carbonyl (C=O) groups is 2. The van der Waals surface area contributed by atoms with E-state index in [1.165, 1.54) is 11.3 Å². The number of thiazole rings is 1. The van der Waals surface area contributed by atoms with Gasteiger partial charge in [-0.2, -0.15) is 0 Å². The van der Waals surface area contributed by atoms with Gasteiger partial charge in [-0.1, -0.05) is 11.3 Å². The van der Waals surface area contributed by atoms with E-state index in [1.807, 2.05) is 11.9 Å². The van der Waals surface area contributed by atoms with Crippen molar-refractivity contribution in [3.05, 3.63) is 23.3 Å². The first kappa shape index (κ1) is 20.7. The van der Waals surface area contributed by atoms with Crippen molar-refractivity contribution in [1.82, 2.24) is 9.88 Å². The molecule has 0 bridgehead atoms. The quantitative estimate of drug-likeness (QED) is 0.638. The molecule has 0 radical (unpaired) electrons. The minimum atomic E-state index is -0.191. The molecule has 1 aliphatic heterocycles. The highest BCUT2D eigenvalue weighted by Crippen LogP contribution is 2.35. The van der Waals surface area contributed by atoms with Crippen molar-refractivity contribution in [1.29, 1.82) is 0 Å². The van der Waals surface area contributed by atoms with Crippen LogP contribution in [0.2, 0.25) is 0 Å². The second-order valence-corrected chi connectivity index (χ2v) is 7.70. The van der Waals surface area contributed by atoms with Gasteiger partial charge in [0.2, 0.25) is 5.91 Å². The van der Waals surface area contributed by atoms with Crippen LogP contribution in [0.5, 0.6) is 0 Å². The predicted octanol–water partition coefficient (Wildman–Crippen LogP) is 2.53. The van der Waals surface area contributed by atoms with Crippen LogP contribution < -0.4 is 5.32 Å². The van der Waals surface area contributed by atoms with Gasteiger partial charge in [-0.15, -0.1) is 0 Å². The lowest BCUT2D eigenvalue weighted by atomic mass is 9.94. The first-order valence-electron chi connectivity index (χ1n) is 9.22. The third-order valence-electron chi connectivity index (χ3n) is 4.53. The maximum Gasteiger partial charge on any atom is 0.240 e. The summed E-state index contributed by atoms with van der Waals surface area (Å²) in [4.78, 5) is 32.2. The Morgan fingerprint density at radius 1 is 1.39 bits per heavy atom. The van der Waals surface area contributed by atoms with Crippen molar-refractivity contribution in [3.8, 4) is 11.5 Å². The Balaban J connectivity index is 1.75. The molecule has 0 atom stereocenters. The predicted molar refractivity (Wildman–Crippen MR) is 106 cm³/mol. The van der Waals surface area contributed by atoms with Crippen LogP contribution in [0.25, 0.3) is 11.5 Å². The van der Waals surface area contributed by atoms with Crippen molar-refractivity contribution < 1.29 is 23.5 Å². The number of hydrogen-bond donors (Lipinski definition) is 1. The molecular formula is C19H25N3O5S. The monoisotopic (exact) mass is 407 g/mol. The van der Waals surface area contributed by atoms with Crippen LogP contribution >= 0.6 is 11.3 Å². The third-order valence-corrected chi connectivity index (χ3v) is 5.52. The summed E-state index contributed by atoms with van der Waals surface area (Å²) in [6, 6.07) is 3.51. The Morgan fingerprint density at radius 2 is 2.18 bits per heavy atom. The van der Waals surface area contributed by atoms with Gasteiger partial charge in [-0.3, -0.25) is 14.5 Å². The number of anilines is 1. The number of nitrogens with one attached hydrogen (secondary N) is 1. The highest BCUT2D eigenvalue weighted by atomic mass is 32.1. The fourth-order valence-electron chi connectivity index (χ4n) is 3.00. The highest BCUT2D eigenvalue weighted by molar-refractivity contribution is 7.18. The van der Waals surface area contributed by atoms with E-state index in [0.29, 0.717) is 60.7 Å². The summed E-state index contributed by atoms with van der Waals surface area (Å²) in [5.74, 6) is 0.268. The van der Waals surface area contributed by atoms with Crippen LogP contribution in [0, 0.1) is 5.92 Å². The largest absolute Gasteiger partial charge is 0.463 e. The zero-order valence-corrected chi connectivity index (χ0v) is 16.9. The molecule has 0 aromatic carbocycles. The Bertz CT molecular complexity index is 784. The van der Waals surface area contributed by atoms with Crippen molar-refractivity contribution in [2.75, 3.05) is 52.4 Å². The molecule has 0 spiro atoms. The van der Waals surface area contributed by atoms with E-state index in [9.17, 15) is 9.59 Å². The molecule has 1 fully saturated rings. The van der Waals surface area contributed by atoms with E-state index in [0.717, 1.165) is 0 Å². The second kappa shape index (κ2) is 9.92. The fraction of sp³-hybridized carbons (Fsp3) is 0.526. The van der Waals surface area contributed by atoms with Gasteiger partial charge in [0.05, 0.1) is 19.4 Å². The molecule has 28 heavy (non-hydrogen) atoms. The van der Waals surface area contributed by atoms with Crippen molar-refractivity contribution >= 4 is 28.2 Å². The topological polar surface area (TPSA) is 93.9 Å². The number of hydrogen-bond acceptors (Lipinski definition) is 8. The van der Waals surface area contributed by atoms with E-state index in [-0.39, 0.29) is 24.2 Å². The van der Waals surface area contributed by atoms with Gasteiger partial charge < -0.3 is 19.2 Å². The SMILES string of the molecule is COCCN(C)CC(=O)Nc1nc(-c2ccco2)c(C(=O)C2CCOCC2)s1. The number of ether oxygens (including phenoxy) is 2. The molecule has 1 aliphatic rings. The fourth-order valence-corrected chi connectivity index (χ4v) is 4.00. The number of ketones is 1. The zero-order valence-electron chi connectivity index (χ0n) is 16.1. The number of nitrogens with zero attached hydrogens (tertiary/aromatic N) is 2. The smallest absolute Gasteiger partial charge is 0.240 e. The van der Waals surface area contributed by atoms with Gasteiger partial charge in [-0.25, -0.2) is 4.98 Å². The lowest BCUT2D eigenvalue weighted by Gasteiger charge is -2.20. The van der Waals surface area contributed by atoms with E-state index in [4.69, 9.17) is 13.9 Å². The van der Waals surface area contributed by atoms with Crippen LogP contribution in [0.4, 0.5) is 5.13 Å². The molecule has 2 aromatic heterocycles. The van der Waals surface area contributed by atoms with Gasteiger partial charge in [0, 0.05) is 32.8 Å². The number of Topliss-reactive ketones (excluding diaryl/α,β-unsaturated/α-hetero) is 1. The molecule has 0 unspecified atom stereocenters. The Kier molecular flexibility index (Phi) is 7.32. The molecule has 3 heterocycles. The van der Waals surface area contributed by atoms with Gasteiger partial charge in [-0.05, 0) is 32.0 Å². The van der Waals surface area contributed by atoms with E-state index >= 15 is 0 Å². The first-order chi connectivity index (χ1) is 13.6. The number of aromatic nitrogens is 1. The van der Waals surface area contributed by atoms with Crippen LogP contribution in [-0.4, -0.2) is 68.6 Å². The molecule has 1 saturated heterocycles. The summed E-state index contributed by atoms with van der Waals surface area (Å²) >= 11 is 1.20. The molecule has 1 N–H and O–H groups in total. The summed E-state index contributed by atoms with van der Waals surface area (Å²) in [7, 11) is 3.46. The summed E-state index contributed by atoms with van der Waals surface area (Å²) < 4.78 is 15.8. The molecule has 8 nitrogen and oxygen atoms in total. The van der Waals surface area contributed by atoms with E-state index in [1.54, 1.807) is 25.5 Å². The molecule has 2 aromatic rings. The van der Waals surface area contributed by atoms with Crippen LogP contribution in [-0.2, 0) is 14.3 Å². The number of amides is 1.